The Morgan fingerprint density at radius 1 is 1.35 bits per heavy atom. The molecule has 23 heavy (non-hydrogen) atoms. The van der Waals surface area contributed by atoms with Gasteiger partial charge in [0.15, 0.2) is 0 Å². The van der Waals surface area contributed by atoms with Crippen LogP contribution in [-0.2, 0) is 5.75 Å². The topological polar surface area (TPSA) is 49.6 Å². The first-order valence-electron chi connectivity index (χ1n) is 6.86. The number of hydrogen-bond donors (Lipinski definition) is 0. The van der Waals surface area contributed by atoms with Crippen LogP contribution in [-0.4, -0.2) is 9.97 Å². The number of aromatic nitrogens is 2. The van der Waals surface area contributed by atoms with Gasteiger partial charge in [-0.25, -0.2) is 9.97 Å². The summed E-state index contributed by atoms with van der Waals surface area (Å²) in [4.78, 5) is 9.71. The number of rotatable bonds is 4. The van der Waals surface area contributed by atoms with Gasteiger partial charge in [0.05, 0.1) is 5.56 Å². The van der Waals surface area contributed by atoms with Crippen molar-refractivity contribution in [1.82, 2.24) is 9.97 Å². The van der Waals surface area contributed by atoms with Crippen molar-refractivity contribution >= 4 is 34.7 Å². The molecule has 3 heterocycles. The Morgan fingerprint density at radius 3 is 2.87 bits per heavy atom. The van der Waals surface area contributed by atoms with Gasteiger partial charge in [-0.3, -0.25) is 0 Å². The average Bonchev–Trinajstić information content (AvgIpc) is 3.08. The molecule has 0 atom stereocenters. The van der Waals surface area contributed by atoms with Gasteiger partial charge in [0.25, 0.3) is 0 Å². The third-order valence-electron chi connectivity index (χ3n) is 3.18. The van der Waals surface area contributed by atoms with Crippen molar-refractivity contribution in [3.05, 3.63) is 63.9 Å². The molecule has 0 spiro atoms. The molecule has 3 aromatic rings. The zero-order valence-corrected chi connectivity index (χ0v) is 14.7. The van der Waals surface area contributed by atoms with Crippen LogP contribution in [0.4, 0.5) is 0 Å². The van der Waals surface area contributed by atoms with E-state index in [4.69, 9.17) is 11.6 Å². The predicted molar refractivity (Wildman–Crippen MR) is 95.8 cm³/mol. The SMILES string of the molecule is Cc1cc(-c2cccs2)c(C#N)c(SCc2ccc(Cl)nc2)n1. The highest BCUT2D eigenvalue weighted by Crippen LogP contribution is 2.34. The van der Waals surface area contributed by atoms with E-state index in [2.05, 4.69) is 16.0 Å². The van der Waals surface area contributed by atoms with Gasteiger partial charge < -0.3 is 0 Å². The molecule has 3 rings (SSSR count). The second-order valence-electron chi connectivity index (χ2n) is 4.86. The Bertz CT molecular complexity index is 853. The average molecular weight is 358 g/mol. The highest BCUT2D eigenvalue weighted by atomic mass is 35.5. The molecule has 6 heteroatoms. The molecule has 0 bridgehead atoms. The van der Waals surface area contributed by atoms with Crippen molar-refractivity contribution in [2.45, 2.75) is 17.7 Å². The van der Waals surface area contributed by atoms with Gasteiger partial charge in [-0.15, -0.1) is 23.1 Å². The van der Waals surface area contributed by atoms with Crippen LogP contribution in [0.3, 0.4) is 0 Å². The van der Waals surface area contributed by atoms with Crippen molar-refractivity contribution in [3.8, 4) is 16.5 Å². The molecule has 3 nitrogen and oxygen atoms in total. The van der Waals surface area contributed by atoms with E-state index in [1.807, 2.05) is 36.6 Å². The summed E-state index contributed by atoms with van der Waals surface area (Å²) >= 11 is 8.97. The molecular weight excluding hydrogens is 346 g/mol. The maximum absolute atomic E-state index is 9.59. The fourth-order valence-corrected chi connectivity index (χ4v) is 3.97. The minimum atomic E-state index is 0.477. The largest absolute Gasteiger partial charge is 0.245 e. The Kier molecular flexibility index (Phi) is 4.97. The number of pyridine rings is 2. The molecule has 0 saturated carbocycles. The smallest absolute Gasteiger partial charge is 0.129 e. The first-order chi connectivity index (χ1) is 11.2. The van der Waals surface area contributed by atoms with Crippen LogP contribution >= 0.6 is 34.7 Å². The molecular formula is C17H12ClN3S2. The standard InChI is InChI=1S/C17H12ClN3S2/c1-11-7-13(15-3-2-6-22-15)14(8-19)17(21-11)23-10-12-4-5-16(18)20-9-12/h2-7,9H,10H2,1H3. The Morgan fingerprint density at radius 2 is 2.22 bits per heavy atom. The number of nitrogens with zero attached hydrogens (tertiary/aromatic N) is 3. The fraction of sp³-hybridized carbons (Fsp3) is 0.118. The summed E-state index contributed by atoms with van der Waals surface area (Å²) in [7, 11) is 0. The predicted octanol–water partition coefficient (Wildman–Crippen LogP) is 5.33. The summed E-state index contributed by atoms with van der Waals surface area (Å²) in [5, 5.41) is 12.8. The van der Waals surface area contributed by atoms with Crippen LogP contribution in [0.5, 0.6) is 0 Å². The zero-order valence-electron chi connectivity index (χ0n) is 12.3. The van der Waals surface area contributed by atoms with Crippen molar-refractivity contribution in [2.75, 3.05) is 0 Å². The molecule has 0 N–H and O–H groups in total. The number of aryl methyl sites for hydroxylation is 1. The van der Waals surface area contributed by atoms with Crippen molar-refractivity contribution in [2.24, 2.45) is 0 Å². The summed E-state index contributed by atoms with van der Waals surface area (Å²) < 4.78 is 0. The zero-order chi connectivity index (χ0) is 16.2. The lowest BCUT2D eigenvalue weighted by atomic mass is 10.1. The lowest BCUT2D eigenvalue weighted by Gasteiger charge is -2.09. The number of hydrogen-bond acceptors (Lipinski definition) is 5. The van der Waals surface area contributed by atoms with Crippen LogP contribution in [0.25, 0.3) is 10.4 Å². The minimum absolute atomic E-state index is 0.477. The van der Waals surface area contributed by atoms with E-state index in [0.29, 0.717) is 16.5 Å². The second-order valence-corrected chi connectivity index (χ2v) is 7.16. The molecule has 0 aliphatic carbocycles. The molecule has 0 amide bonds. The first kappa shape index (κ1) is 16.0. The second kappa shape index (κ2) is 7.14. The fourth-order valence-electron chi connectivity index (χ4n) is 2.13. The summed E-state index contributed by atoms with van der Waals surface area (Å²) in [5.74, 6) is 0.694. The summed E-state index contributed by atoms with van der Waals surface area (Å²) in [6.45, 7) is 1.95. The van der Waals surface area contributed by atoms with E-state index in [1.54, 1.807) is 35.4 Å². The van der Waals surface area contributed by atoms with Crippen LogP contribution in [0, 0.1) is 18.3 Å². The highest BCUT2D eigenvalue weighted by molar-refractivity contribution is 7.98. The molecule has 0 aliphatic heterocycles. The first-order valence-corrected chi connectivity index (χ1v) is 9.10. The van der Waals surface area contributed by atoms with Crippen LogP contribution in [0.15, 0.2) is 46.9 Å². The number of thioether (sulfide) groups is 1. The van der Waals surface area contributed by atoms with Crippen LogP contribution in [0.1, 0.15) is 16.8 Å². The summed E-state index contributed by atoms with van der Waals surface area (Å²) in [6.07, 6.45) is 1.75. The van der Waals surface area contributed by atoms with Gasteiger partial charge in [-0.05, 0) is 36.1 Å². The molecule has 3 aromatic heterocycles. The summed E-state index contributed by atoms with van der Waals surface area (Å²) in [6, 6.07) is 12.0. The Labute approximate surface area is 148 Å². The van der Waals surface area contributed by atoms with Crippen LogP contribution < -0.4 is 0 Å². The normalized spacial score (nSPS) is 10.5. The maximum Gasteiger partial charge on any atom is 0.129 e. The highest BCUT2D eigenvalue weighted by Gasteiger charge is 2.14. The molecule has 0 unspecified atom stereocenters. The Hall–Kier alpha value is -1.87. The summed E-state index contributed by atoms with van der Waals surface area (Å²) in [5.41, 5.74) is 3.53. The van der Waals surface area contributed by atoms with Gasteiger partial charge in [0, 0.05) is 28.1 Å². The van der Waals surface area contributed by atoms with Gasteiger partial charge in [-0.2, -0.15) is 5.26 Å². The third-order valence-corrected chi connectivity index (χ3v) is 5.35. The van der Waals surface area contributed by atoms with E-state index in [-0.39, 0.29) is 0 Å². The monoisotopic (exact) mass is 357 g/mol. The van der Waals surface area contributed by atoms with E-state index in [1.165, 1.54) is 0 Å². The molecule has 0 aromatic carbocycles. The van der Waals surface area contributed by atoms with E-state index in [9.17, 15) is 5.26 Å². The molecule has 0 fully saturated rings. The minimum Gasteiger partial charge on any atom is -0.245 e. The van der Waals surface area contributed by atoms with Crippen molar-refractivity contribution < 1.29 is 0 Å². The van der Waals surface area contributed by atoms with Gasteiger partial charge in [0.2, 0.25) is 0 Å². The van der Waals surface area contributed by atoms with E-state index in [0.717, 1.165) is 26.7 Å². The van der Waals surface area contributed by atoms with Crippen molar-refractivity contribution in [3.63, 3.8) is 0 Å². The lowest BCUT2D eigenvalue weighted by molar-refractivity contribution is 1.05. The lowest BCUT2D eigenvalue weighted by Crippen LogP contribution is -1.95. The van der Waals surface area contributed by atoms with E-state index >= 15 is 0 Å². The number of halogens is 1. The quantitative estimate of drug-likeness (QED) is 0.467. The molecule has 0 saturated heterocycles. The van der Waals surface area contributed by atoms with Gasteiger partial charge >= 0.3 is 0 Å². The Balaban J connectivity index is 1.92. The van der Waals surface area contributed by atoms with Gasteiger partial charge in [-0.1, -0.05) is 23.7 Å². The number of thiophene rings is 1. The van der Waals surface area contributed by atoms with E-state index < -0.39 is 0 Å². The third kappa shape index (κ3) is 3.73. The molecule has 0 aliphatic rings. The maximum atomic E-state index is 9.59. The molecule has 0 radical (unpaired) electrons. The van der Waals surface area contributed by atoms with Gasteiger partial charge in [0.1, 0.15) is 16.2 Å². The van der Waals surface area contributed by atoms with Crippen LogP contribution in [0.2, 0.25) is 5.15 Å². The van der Waals surface area contributed by atoms with Crippen molar-refractivity contribution in [1.29, 1.82) is 5.26 Å². The number of nitriles is 1. The molecule has 114 valence electrons.